The number of esters is 2. The predicted octanol–water partition coefficient (Wildman–Crippen LogP) is 18.8. The Bertz CT molecular complexity index is 3860. The van der Waals surface area contributed by atoms with Crippen LogP contribution >= 0.6 is 104 Å². The number of imidazole rings is 1. The predicted molar refractivity (Wildman–Crippen MR) is 428 cm³/mol. The number of aliphatic carboxylic acids is 1. The number of carbonyl (C=O) groups is 4. The van der Waals surface area contributed by atoms with Crippen LogP contribution in [0.3, 0.4) is 0 Å². The number of hydrogen-bond acceptors (Lipinski definition) is 15. The van der Waals surface area contributed by atoms with E-state index in [1.54, 1.807) is 36.4 Å². The molecule has 0 aliphatic carbocycles. The number of nitrogens with two attached hydrogens (primary N) is 1. The van der Waals surface area contributed by atoms with Crippen LogP contribution in [0.25, 0.3) is 11.2 Å². The number of hydrogen-bond donors (Lipinski definition) is 4. The summed E-state index contributed by atoms with van der Waals surface area (Å²) in [6.07, 6.45) is 14.3. The number of nitrogen functional groups attached to an aromatic ring is 1. The number of nitrogens with one attached hydrogen (secondary N) is 2. The topological polar surface area (TPSA) is 212 Å². The van der Waals surface area contributed by atoms with E-state index in [0.29, 0.717) is 114 Å². The molecule has 5 N–H and O–H groups in total. The van der Waals surface area contributed by atoms with E-state index >= 15 is 0 Å². The van der Waals surface area contributed by atoms with Gasteiger partial charge < -0.3 is 30.6 Å². The number of benzene rings is 4. The molecule has 5 unspecified atom stereocenters. The van der Waals surface area contributed by atoms with Crippen molar-refractivity contribution in [3.8, 4) is 0 Å². The largest absolute Gasteiger partial charge is 0.481 e. The van der Waals surface area contributed by atoms with Crippen molar-refractivity contribution in [3.63, 3.8) is 0 Å². The molecule has 0 bridgehead atoms. The van der Waals surface area contributed by atoms with Crippen molar-refractivity contribution >= 4 is 145 Å². The molecule has 0 amide bonds. The second kappa shape index (κ2) is 44.6. The van der Waals surface area contributed by atoms with Crippen molar-refractivity contribution in [2.45, 2.75) is 150 Å². The molecule has 0 saturated carbocycles. The standard InChI is InChI=1S/C21H25Cl2N3O.C19H19Cl3N4.C16H21Cl2NO2.C14H17Cl2NO2.C9H17NO2/c1-14-7-16(9-18(22)8-14)13-26-6-2-3-15(12-26)10-19(27)11-17-4-5-20(23)25-21(17)24;20-14-6-13(7-15(21)9-14)11-26-5-1-2-12(10-26)8-18-23-16-3-4-17(22)24-19(16)25-18;1-2-21-16(20)8-12-4-3-5-19(10-12)11-13-6-14(17)9-15(18)7-13;15-12-4-11(5-13(16)7-12)9-17-3-1-2-10(8-17)6-14(18)19;1-2-12-9(11)6-8-4-3-5-10-7-8/h4-5,7-9,15H,2-3,6,10-13H2,1H3,(H2,24,25);3-4,6-7,9,12H,1-2,5,8,10-11H2,(H,23,24,25);6-7,9,12H,2-5,8,10-11H2,1H3;4-5,7,10H,1-3,6,8-9H2,(H,18,19);8,10H,2-7H2,1H3. The minimum Gasteiger partial charge on any atom is -0.481 e. The maximum atomic E-state index is 12.5. The summed E-state index contributed by atoms with van der Waals surface area (Å²) >= 11 is 54.2. The van der Waals surface area contributed by atoms with Gasteiger partial charge in [0.15, 0.2) is 5.65 Å². The third kappa shape index (κ3) is 31.8. The van der Waals surface area contributed by atoms with Gasteiger partial charge in [0, 0.05) is 132 Å². The first-order valence-corrected chi connectivity index (χ1v) is 39.9. The summed E-state index contributed by atoms with van der Waals surface area (Å²) in [6, 6.07) is 30.3. The van der Waals surface area contributed by atoms with Crippen molar-refractivity contribution in [2.24, 2.45) is 29.6 Å². The third-order valence-corrected chi connectivity index (χ3v) is 21.0. The van der Waals surface area contributed by atoms with Gasteiger partial charge in [0.1, 0.15) is 27.7 Å². The maximum Gasteiger partial charge on any atom is 0.306 e. The van der Waals surface area contributed by atoms with Crippen molar-refractivity contribution in [2.75, 3.05) is 84.4 Å². The highest BCUT2D eigenvalue weighted by Gasteiger charge is 2.27. The summed E-state index contributed by atoms with van der Waals surface area (Å²) < 4.78 is 9.92. The fraction of sp³-hybridized carbons (Fsp3) is 0.506. The van der Waals surface area contributed by atoms with Crippen LogP contribution in [-0.4, -0.2) is 147 Å². The molecule has 26 heteroatoms. The SMILES string of the molecule is CCOC(=O)CC1CCCN(Cc2cc(Cl)cc(Cl)c2)C1.CCOC(=O)CC1CCCNC1.Cc1cc(Cl)cc(CN2CCCC(CC(=O)Cc3ccc(Cl)nc3N)C2)c1.Clc1cc(Cl)cc(CN2CCCC(Cc3nc4nc(Cl)ccc4[nH]3)C2)c1.O=C(O)CC1CCCN(Cc2cc(Cl)cc(Cl)c2)C1. The molecule has 7 aromatic rings. The number of aromatic nitrogens is 4. The van der Waals surface area contributed by atoms with E-state index in [2.05, 4.69) is 57.8 Å². The second-order valence-electron chi connectivity index (χ2n) is 28.3. The number of Topliss-reactive ketones (excluding diaryl/α,β-unsaturated/α-hetero) is 1. The number of nitrogens with zero attached hydrogens (tertiary/aromatic N) is 7. The lowest BCUT2D eigenvalue weighted by molar-refractivity contribution is -0.145. The molecule has 5 atom stereocenters. The van der Waals surface area contributed by atoms with E-state index in [-0.39, 0.29) is 30.1 Å². The van der Waals surface area contributed by atoms with Gasteiger partial charge in [-0.3, -0.25) is 38.8 Å². The minimum atomic E-state index is -0.711. The van der Waals surface area contributed by atoms with E-state index in [4.69, 9.17) is 125 Å². The molecule has 8 heterocycles. The van der Waals surface area contributed by atoms with Gasteiger partial charge in [-0.05, 0) is 267 Å². The average molecular weight is 1620 g/mol. The molecule has 5 saturated heterocycles. The summed E-state index contributed by atoms with van der Waals surface area (Å²) in [5.74, 6) is 2.76. The fourth-order valence-corrected chi connectivity index (χ4v) is 17.0. The number of anilines is 1. The first-order valence-electron chi connectivity index (χ1n) is 36.5. The minimum absolute atomic E-state index is 0.0498. The van der Waals surface area contributed by atoms with Gasteiger partial charge >= 0.3 is 17.9 Å². The van der Waals surface area contributed by atoms with Gasteiger partial charge in [-0.2, -0.15) is 0 Å². The summed E-state index contributed by atoms with van der Waals surface area (Å²) in [5, 5.41) is 17.7. The molecular formula is C79H99Cl9N10O7. The normalized spacial score (nSPS) is 19.4. The van der Waals surface area contributed by atoms with Crippen LogP contribution < -0.4 is 11.1 Å². The lowest BCUT2D eigenvalue weighted by Crippen LogP contribution is -2.36. The molecule has 4 aromatic carbocycles. The van der Waals surface area contributed by atoms with E-state index in [9.17, 15) is 19.2 Å². The van der Waals surface area contributed by atoms with Gasteiger partial charge in [0.05, 0.1) is 18.7 Å². The zero-order valence-corrected chi connectivity index (χ0v) is 67.1. The summed E-state index contributed by atoms with van der Waals surface area (Å²) in [4.78, 5) is 71.7. The number of carbonyl (C=O) groups excluding carboxylic acids is 3. The number of ketones is 1. The summed E-state index contributed by atoms with van der Waals surface area (Å²) in [6.45, 7) is 20.0. The van der Waals surface area contributed by atoms with Crippen LogP contribution in [0, 0.1) is 36.5 Å². The van der Waals surface area contributed by atoms with Gasteiger partial charge in [-0.1, -0.05) is 117 Å². The van der Waals surface area contributed by atoms with Crippen molar-refractivity contribution in [1.82, 2.24) is 44.9 Å². The quantitative estimate of drug-likeness (QED) is 0.0367. The fourth-order valence-electron chi connectivity index (χ4n) is 14.7. The Balaban J connectivity index is 0.000000170. The smallest absolute Gasteiger partial charge is 0.306 e. The van der Waals surface area contributed by atoms with Gasteiger partial charge in [0.2, 0.25) is 0 Å². The van der Waals surface area contributed by atoms with Crippen LogP contribution in [0.2, 0.25) is 45.5 Å². The maximum absolute atomic E-state index is 12.5. The first-order chi connectivity index (χ1) is 50.3. The number of likely N-dealkylation sites (tertiary alicyclic amines) is 4. The molecule has 570 valence electrons. The first kappa shape index (κ1) is 85.5. The molecule has 5 aliphatic heterocycles. The third-order valence-electron chi connectivity index (χ3n) is 19.0. The highest BCUT2D eigenvalue weighted by atomic mass is 35.5. The highest BCUT2D eigenvalue weighted by molar-refractivity contribution is 6.36. The summed E-state index contributed by atoms with van der Waals surface area (Å²) in [7, 11) is 0. The number of aromatic amines is 1. The van der Waals surface area contributed by atoms with E-state index in [1.165, 1.54) is 30.4 Å². The molecule has 5 fully saturated rings. The van der Waals surface area contributed by atoms with Crippen molar-refractivity contribution in [3.05, 3.63) is 182 Å². The van der Waals surface area contributed by atoms with Crippen LogP contribution in [-0.2, 0) is 67.7 Å². The van der Waals surface area contributed by atoms with Crippen LogP contribution in [0.4, 0.5) is 5.82 Å². The zero-order chi connectivity index (χ0) is 75.4. The average Bonchev–Trinajstić information content (AvgIpc) is 1.56. The van der Waals surface area contributed by atoms with Crippen LogP contribution in [0.5, 0.6) is 0 Å². The number of piperidine rings is 5. The molecule has 12 rings (SSSR count). The molecular weight excluding hydrogens is 1520 g/mol. The summed E-state index contributed by atoms with van der Waals surface area (Å²) in [5.41, 5.74) is 14.0. The lowest BCUT2D eigenvalue weighted by Gasteiger charge is -2.32. The number of pyridine rings is 2. The molecule has 0 spiro atoms. The monoisotopic (exact) mass is 1610 g/mol. The molecule has 17 nitrogen and oxygen atoms in total. The van der Waals surface area contributed by atoms with Crippen molar-refractivity contribution < 1.29 is 33.8 Å². The number of halogens is 9. The Hall–Kier alpha value is -5.06. The number of ether oxygens (including phenoxy) is 2. The van der Waals surface area contributed by atoms with E-state index < -0.39 is 5.97 Å². The van der Waals surface area contributed by atoms with Gasteiger partial charge in [-0.15, -0.1) is 0 Å². The lowest BCUT2D eigenvalue weighted by atomic mass is 9.91. The number of carboxylic acids is 1. The highest BCUT2D eigenvalue weighted by Crippen LogP contribution is 2.31. The van der Waals surface area contributed by atoms with Gasteiger partial charge in [-0.25, -0.2) is 15.0 Å². The number of carboxylic acid groups (broad SMARTS) is 1. The Morgan fingerprint density at radius 1 is 0.495 bits per heavy atom. The second-order valence-corrected chi connectivity index (χ2v) is 32.1. The Morgan fingerprint density at radius 3 is 1.35 bits per heavy atom. The van der Waals surface area contributed by atoms with Crippen molar-refractivity contribution in [1.29, 1.82) is 0 Å². The van der Waals surface area contributed by atoms with Crippen LogP contribution in [0.1, 0.15) is 143 Å². The number of H-pyrrole nitrogens is 1. The Morgan fingerprint density at radius 2 is 0.905 bits per heavy atom. The number of aryl methyl sites for hydroxylation is 1. The molecule has 3 aromatic heterocycles. The van der Waals surface area contributed by atoms with Crippen LogP contribution in [0.15, 0.2) is 97.1 Å². The van der Waals surface area contributed by atoms with Gasteiger partial charge in [0.25, 0.3) is 0 Å². The van der Waals surface area contributed by atoms with E-state index in [1.807, 2.05) is 68.4 Å². The molecule has 0 radical (unpaired) electrons. The Labute approximate surface area is 664 Å². The zero-order valence-electron chi connectivity index (χ0n) is 60.3. The Kier molecular flexibility index (Phi) is 36.3. The molecule has 5 aliphatic rings. The van der Waals surface area contributed by atoms with E-state index in [0.717, 1.165) is 182 Å². The molecule has 105 heavy (non-hydrogen) atoms. The number of rotatable bonds is 22. The number of fused-ring (bicyclic) bond motifs is 1.